The van der Waals surface area contributed by atoms with Crippen LogP contribution in [0.5, 0.6) is 0 Å². The van der Waals surface area contributed by atoms with E-state index in [-0.39, 0.29) is 29.5 Å². The molecule has 4 atom stereocenters. The van der Waals surface area contributed by atoms with Gasteiger partial charge in [-0.25, -0.2) is 9.97 Å². The normalized spacial score (nSPS) is 30.1. The second-order valence-corrected chi connectivity index (χ2v) is 5.93. The van der Waals surface area contributed by atoms with Gasteiger partial charge in [-0.2, -0.15) is 4.68 Å². The Hall–Kier alpha value is -2.32. The maximum Gasteiger partial charge on any atom is 0.265 e. The summed E-state index contributed by atoms with van der Waals surface area (Å²) in [6.07, 6.45) is 2.73. The molecule has 0 amide bonds. The van der Waals surface area contributed by atoms with Gasteiger partial charge in [0.05, 0.1) is 6.61 Å². The smallest absolute Gasteiger partial charge is 0.265 e. The number of nitrogens with two attached hydrogens (primary N) is 1. The highest BCUT2D eigenvalue weighted by molar-refractivity contribution is 5.80. The van der Waals surface area contributed by atoms with E-state index in [2.05, 4.69) is 26.2 Å². The SMILES string of the molecule is C#C[C@]1(OCC(C)C)O[C@@H](n2nnc3c(N)ncnc32)[C@H](O)[C@@H]1O. The van der Waals surface area contributed by atoms with E-state index >= 15 is 0 Å². The molecule has 0 unspecified atom stereocenters. The fourth-order valence-corrected chi connectivity index (χ4v) is 2.42. The Bertz CT molecular complexity index is 787. The van der Waals surface area contributed by atoms with Crippen LogP contribution in [-0.4, -0.2) is 59.8 Å². The second-order valence-electron chi connectivity index (χ2n) is 5.93. The van der Waals surface area contributed by atoms with Gasteiger partial charge in [0, 0.05) is 0 Å². The van der Waals surface area contributed by atoms with E-state index in [1.807, 2.05) is 13.8 Å². The van der Waals surface area contributed by atoms with Crippen molar-refractivity contribution in [2.75, 3.05) is 12.3 Å². The molecule has 2 aromatic heterocycles. The van der Waals surface area contributed by atoms with Crippen LogP contribution in [0.3, 0.4) is 0 Å². The van der Waals surface area contributed by atoms with Crippen LogP contribution in [0.15, 0.2) is 6.33 Å². The van der Waals surface area contributed by atoms with Gasteiger partial charge in [0.15, 0.2) is 29.3 Å². The third kappa shape index (κ3) is 2.47. The number of hydrogen-bond acceptors (Lipinski definition) is 9. The predicted molar refractivity (Wildman–Crippen MR) is 82.0 cm³/mol. The zero-order valence-electron chi connectivity index (χ0n) is 13.2. The maximum atomic E-state index is 10.4. The number of ether oxygens (including phenoxy) is 2. The van der Waals surface area contributed by atoms with E-state index in [9.17, 15) is 10.2 Å². The first-order valence-corrected chi connectivity index (χ1v) is 7.36. The third-order valence-electron chi connectivity index (χ3n) is 3.66. The molecule has 0 spiro atoms. The fourth-order valence-electron chi connectivity index (χ4n) is 2.42. The van der Waals surface area contributed by atoms with Crippen molar-refractivity contribution in [1.82, 2.24) is 25.0 Å². The van der Waals surface area contributed by atoms with Gasteiger partial charge in [-0.1, -0.05) is 19.1 Å². The highest BCUT2D eigenvalue weighted by atomic mass is 16.7. The van der Waals surface area contributed by atoms with E-state index in [1.54, 1.807) is 0 Å². The molecule has 10 nitrogen and oxygen atoms in total. The zero-order chi connectivity index (χ0) is 17.5. The van der Waals surface area contributed by atoms with E-state index in [1.165, 1.54) is 11.0 Å². The number of nitrogens with zero attached hydrogens (tertiary/aromatic N) is 5. The summed E-state index contributed by atoms with van der Waals surface area (Å²) in [7, 11) is 0. The van der Waals surface area contributed by atoms with Crippen molar-refractivity contribution < 1.29 is 19.7 Å². The van der Waals surface area contributed by atoms with Crippen LogP contribution in [-0.2, 0) is 9.47 Å². The number of anilines is 1. The largest absolute Gasteiger partial charge is 0.385 e. The highest BCUT2D eigenvalue weighted by Crippen LogP contribution is 2.38. The van der Waals surface area contributed by atoms with Crippen LogP contribution in [0, 0.1) is 18.3 Å². The molecule has 4 N–H and O–H groups in total. The summed E-state index contributed by atoms with van der Waals surface area (Å²) in [5, 5.41) is 28.5. The Morgan fingerprint density at radius 2 is 2.25 bits per heavy atom. The van der Waals surface area contributed by atoms with E-state index in [0.29, 0.717) is 0 Å². The minimum atomic E-state index is -1.79. The van der Waals surface area contributed by atoms with Crippen molar-refractivity contribution in [3.63, 3.8) is 0 Å². The molecule has 3 heterocycles. The lowest BCUT2D eigenvalue weighted by Gasteiger charge is -2.27. The Morgan fingerprint density at radius 3 is 2.92 bits per heavy atom. The quantitative estimate of drug-likeness (QED) is 0.604. The molecule has 2 aromatic rings. The number of nitrogen functional groups attached to an aromatic ring is 1. The van der Waals surface area contributed by atoms with Crippen LogP contribution in [0.4, 0.5) is 5.82 Å². The number of hydrogen-bond donors (Lipinski definition) is 3. The molecule has 1 fully saturated rings. The first-order valence-electron chi connectivity index (χ1n) is 7.36. The van der Waals surface area contributed by atoms with Crippen LogP contribution >= 0.6 is 0 Å². The number of rotatable bonds is 4. The molecule has 128 valence electrons. The van der Waals surface area contributed by atoms with Gasteiger partial charge in [0.25, 0.3) is 5.79 Å². The van der Waals surface area contributed by atoms with Gasteiger partial charge >= 0.3 is 0 Å². The first-order chi connectivity index (χ1) is 11.4. The summed E-state index contributed by atoms with van der Waals surface area (Å²) < 4.78 is 12.4. The summed E-state index contributed by atoms with van der Waals surface area (Å²) >= 11 is 0. The van der Waals surface area contributed by atoms with Crippen molar-refractivity contribution in [3.05, 3.63) is 6.33 Å². The molecule has 0 bridgehead atoms. The summed E-state index contributed by atoms with van der Waals surface area (Å²) in [6, 6.07) is 0. The van der Waals surface area contributed by atoms with Crippen molar-refractivity contribution in [2.45, 2.75) is 38.1 Å². The Balaban J connectivity index is 1.97. The minimum absolute atomic E-state index is 0.138. The Morgan fingerprint density at radius 1 is 1.50 bits per heavy atom. The van der Waals surface area contributed by atoms with Crippen molar-refractivity contribution in [2.24, 2.45) is 5.92 Å². The third-order valence-corrected chi connectivity index (χ3v) is 3.66. The standard InChI is InChI=1S/C14H18N6O4/c1-4-14(23-5-7(2)3)10(22)9(21)13(24-14)20-12-8(18-19-20)11(15)16-6-17-12/h1,6-7,9-10,13,21-22H,5H2,2-3H3,(H2,15,16,17)/t9-,10+,13-,14+/m1/s1. The highest BCUT2D eigenvalue weighted by Gasteiger charge is 2.56. The fraction of sp³-hybridized carbons (Fsp3) is 0.571. The molecule has 0 saturated carbocycles. The predicted octanol–water partition coefficient (Wildman–Crippen LogP) is -0.944. The molecule has 1 saturated heterocycles. The lowest BCUT2D eigenvalue weighted by atomic mass is 10.1. The van der Waals surface area contributed by atoms with E-state index in [4.69, 9.17) is 21.6 Å². The van der Waals surface area contributed by atoms with Crippen LogP contribution in [0.2, 0.25) is 0 Å². The molecule has 0 aliphatic carbocycles. The molecule has 24 heavy (non-hydrogen) atoms. The molecule has 3 rings (SSSR count). The molecule has 0 aromatic carbocycles. The number of aromatic nitrogens is 5. The van der Waals surface area contributed by atoms with Crippen molar-refractivity contribution in [3.8, 4) is 12.3 Å². The monoisotopic (exact) mass is 334 g/mol. The van der Waals surface area contributed by atoms with Crippen molar-refractivity contribution >= 4 is 17.0 Å². The van der Waals surface area contributed by atoms with E-state index < -0.39 is 24.2 Å². The average molecular weight is 334 g/mol. The van der Waals surface area contributed by atoms with Crippen LogP contribution in [0.25, 0.3) is 11.2 Å². The van der Waals surface area contributed by atoms with Crippen LogP contribution in [0.1, 0.15) is 20.1 Å². The number of aliphatic hydroxyl groups excluding tert-OH is 2. The summed E-state index contributed by atoms with van der Waals surface area (Å²) in [5.74, 6) is 0.797. The van der Waals surface area contributed by atoms with Gasteiger partial charge in [0.2, 0.25) is 0 Å². The molecular formula is C14H18N6O4. The maximum absolute atomic E-state index is 10.4. The topological polar surface area (TPSA) is 141 Å². The zero-order valence-corrected chi connectivity index (χ0v) is 13.2. The van der Waals surface area contributed by atoms with Gasteiger partial charge in [-0.05, 0) is 11.8 Å². The minimum Gasteiger partial charge on any atom is -0.385 e. The van der Waals surface area contributed by atoms with E-state index in [0.717, 1.165) is 0 Å². The number of aliphatic hydroxyl groups is 2. The Kier molecular flexibility index (Phi) is 4.10. The summed E-state index contributed by atoms with van der Waals surface area (Å²) in [5.41, 5.74) is 6.21. The lowest BCUT2D eigenvalue weighted by molar-refractivity contribution is -0.233. The number of terminal acetylenes is 1. The molecule has 1 aliphatic heterocycles. The van der Waals surface area contributed by atoms with Crippen molar-refractivity contribution in [1.29, 1.82) is 0 Å². The molecule has 10 heteroatoms. The van der Waals surface area contributed by atoms with Gasteiger partial charge in [-0.3, -0.25) is 0 Å². The average Bonchev–Trinajstić information content (AvgIpc) is 3.09. The first kappa shape index (κ1) is 16.5. The number of fused-ring (bicyclic) bond motifs is 1. The van der Waals surface area contributed by atoms with Gasteiger partial charge in [-0.15, -0.1) is 11.5 Å². The molecular weight excluding hydrogens is 316 g/mol. The molecule has 1 aliphatic rings. The lowest BCUT2D eigenvalue weighted by Crippen LogP contribution is -2.45. The Labute approximate surface area is 137 Å². The van der Waals surface area contributed by atoms with Gasteiger partial charge in [0.1, 0.15) is 12.4 Å². The summed E-state index contributed by atoms with van der Waals surface area (Å²) in [6.45, 7) is 4.09. The molecule has 0 radical (unpaired) electrons. The summed E-state index contributed by atoms with van der Waals surface area (Å²) in [4.78, 5) is 7.85. The van der Waals surface area contributed by atoms with Crippen LogP contribution < -0.4 is 5.73 Å². The second kappa shape index (κ2) is 5.95. The van der Waals surface area contributed by atoms with Gasteiger partial charge < -0.3 is 25.4 Å².